The normalized spacial score (nSPS) is 11.8. The Hall–Kier alpha value is -1.05. The summed E-state index contributed by atoms with van der Waals surface area (Å²) in [4.78, 5) is -0.702. The third-order valence-corrected chi connectivity index (χ3v) is 3.58. The molecule has 0 saturated heterocycles. The molecule has 0 unspecified atom stereocenters. The molecule has 0 saturated carbocycles. The van der Waals surface area contributed by atoms with Gasteiger partial charge in [0.25, 0.3) is 0 Å². The van der Waals surface area contributed by atoms with Crippen molar-refractivity contribution < 1.29 is 17.2 Å². The first-order valence-electron chi connectivity index (χ1n) is 5.10. The zero-order valence-corrected chi connectivity index (χ0v) is 10.2. The Morgan fingerprint density at radius 1 is 1.35 bits per heavy atom. The molecule has 1 aromatic carbocycles. The first-order chi connectivity index (χ1) is 7.92. The summed E-state index contributed by atoms with van der Waals surface area (Å²) in [6.07, 6.45) is 0.555. The van der Waals surface area contributed by atoms with Crippen molar-refractivity contribution in [3.05, 3.63) is 29.3 Å². The molecular weight excluding hydrogens is 250 g/mol. The molecule has 1 aromatic rings. The smallest absolute Gasteiger partial charge is 0.243 e. The highest BCUT2D eigenvalue weighted by Crippen LogP contribution is 2.19. The fraction of sp³-hybridized carbons (Fsp3) is 0.400. The maximum atomic E-state index is 13.4. The Balaban J connectivity index is 3.25. The van der Waals surface area contributed by atoms with Gasteiger partial charge < -0.3 is 5.73 Å². The van der Waals surface area contributed by atoms with Crippen LogP contribution in [0.25, 0.3) is 0 Å². The van der Waals surface area contributed by atoms with Gasteiger partial charge in [-0.2, -0.15) is 0 Å². The van der Waals surface area contributed by atoms with Crippen molar-refractivity contribution in [3.8, 4) is 0 Å². The van der Waals surface area contributed by atoms with E-state index in [0.29, 0.717) is 6.42 Å². The average molecular weight is 264 g/mol. The van der Waals surface area contributed by atoms with E-state index in [2.05, 4.69) is 4.72 Å². The molecule has 17 heavy (non-hydrogen) atoms. The number of benzene rings is 1. The summed E-state index contributed by atoms with van der Waals surface area (Å²) in [5, 5.41) is 0. The second-order valence-electron chi connectivity index (χ2n) is 3.49. The van der Waals surface area contributed by atoms with Crippen LogP contribution >= 0.6 is 0 Å². The summed E-state index contributed by atoms with van der Waals surface area (Å²) in [5.74, 6) is -2.60. The molecule has 0 aliphatic rings. The van der Waals surface area contributed by atoms with E-state index in [-0.39, 0.29) is 18.7 Å². The molecule has 0 heterocycles. The topological polar surface area (TPSA) is 72.2 Å². The van der Waals surface area contributed by atoms with Crippen LogP contribution in [0.15, 0.2) is 17.0 Å². The van der Waals surface area contributed by atoms with Crippen LogP contribution in [-0.2, 0) is 16.6 Å². The molecule has 0 radical (unpaired) electrons. The van der Waals surface area contributed by atoms with Crippen molar-refractivity contribution in [2.24, 2.45) is 5.73 Å². The number of nitrogens with one attached hydrogen (secondary N) is 1. The molecule has 0 spiro atoms. The summed E-state index contributed by atoms with van der Waals surface area (Å²) in [5.41, 5.74) is 5.50. The maximum Gasteiger partial charge on any atom is 0.243 e. The van der Waals surface area contributed by atoms with E-state index in [1.54, 1.807) is 6.92 Å². The molecule has 0 amide bonds. The van der Waals surface area contributed by atoms with Gasteiger partial charge in [0.15, 0.2) is 11.6 Å². The number of halogens is 2. The lowest BCUT2D eigenvalue weighted by Crippen LogP contribution is -2.26. The predicted octanol–water partition coefficient (Wildman–Crippen LogP) is 1.11. The van der Waals surface area contributed by atoms with Crippen molar-refractivity contribution in [1.29, 1.82) is 0 Å². The van der Waals surface area contributed by atoms with E-state index < -0.39 is 26.6 Å². The van der Waals surface area contributed by atoms with Crippen LogP contribution in [0, 0.1) is 11.6 Å². The van der Waals surface area contributed by atoms with Crippen molar-refractivity contribution >= 4 is 10.0 Å². The highest BCUT2D eigenvalue weighted by atomic mass is 32.2. The minimum atomic E-state index is -4.03. The van der Waals surface area contributed by atoms with Gasteiger partial charge in [0.1, 0.15) is 4.90 Å². The quantitative estimate of drug-likeness (QED) is 0.837. The lowest BCUT2D eigenvalue weighted by Gasteiger charge is -2.09. The molecule has 1 rings (SSSR count). The SMILES string of the molecule is CCCNS(=O)(=O)c1cc(CN)cc(F)c1F. The van der Waals surface area contributed by atoms with Gasteiger partial charge >= 0.3 is 0 Å². The van der Waals surface area contributed by atoms with E-state index in [1.165, 1.54) is 0 Å². The van der Waals surface area contributed by atoms with E-state index in [9.17, 15) is 17.2 Å². The van der Waals surface area contributed by atoms with E-state index in [4.69, 9.17) is 5.73 Å². The van der Waals surface area contributed by atoms with E-state index in [1.807, 2.05) is 0 Å². The lowest BCUT2D eigenvalue weighted by atomic mass is 10.2. The van der Waals surface area contributed by atoms with Crippen LogP contribution in [0.3, 0.4) is 0 Å². The monoisotopic (exact) mass is 264 g/mol. The Bertz CT molecular complexity index is 503. The van der Waals surface area contributed by atoms with Gasteiger partial charge in [0, 0.05) is 13.1 Å². The van der Waals surface area contributed by atoms with Crippen molar-refractivity contribution in [1.82, 2.24) is 4.72 Å². The number of hydrogen-bond donors (Lipinski definition) is 2. The first kappa shape index (κ1) is 14.0. The molecular formula is C10H14F2N2O2S. The van der Waals surface area contributed by atoms with Gasteiger partial charge in [0.05, 0.1) is 0 Å². The van der Waals surface area contributed by atoms with Gasteiger partial charge in [0.2, 0.25) is 10.0 Å². The number of rotatable bonds is 5. The summed E-state index contributed by atoms with van der Waals surface area (Å²) in [6.45, 7) is 1.86. The number of hydrogen-bond acceptors (Lipinski definition) is 3. The highest BCUT2D eigenvalue weighted by molar-refractivity contribution is 7.89. The second-order valence-corrected chi connectivity index (χ2v) is 5.23. The minimum absolute atomic E-state index is 0.0620. The highest BCUT2D eigenvalue weighted by Gasteiger charge is 2.22. The van der Waals surface area contributed by atoms with Gasteiger partial charge in [-0.1, -0.05) is 6.92 Å². The van der Waals surface area contributed by atoms with Crippen molar-refractivity contribution in [2.45, 2.75) is 24.8 Å². The number of nitrogens with two attached hydrogens (primary N) is 1. The molecule has 0 bridgehead atoms. The third-order valence-electron chi connectivity index (χ3n) is 2.12. The molecule has 0 aromatic heterocycles. The Labute approximate surface area is 98.9 Å². The van der Waals surface area contributed by atoms with Gasteiger partial charge in [-0.3, -0.25) is 0 Å². The molecule has 0 fully saturated rings. The van der Waals surface area contributed by atoms with Crippen LogP contribution in [-0.4, -0.2) is 15.0 Å². The average Bonchev–Trinajstić information content (AvgIpc) is 2.29. The third kappa shape index (κ3) is 3.21. The molecule has 7 heteroatoms. The fourth-order valence-corrected chi connectivity index (χ4v) is 2.51. The van der Waals surface area contributed by atoms with Crippen LogP contribution in [0.4, 0.5) is 8.78 Å². The minimum Gasteiger partial charge on any atom is -0.326 e. The lowest BCUT2D eigenvalue weighted by molar-refractivity contribution is 0.481. The second kappa shape index (κ2) is 5.52. The van der Waals surface area contributed by atoms with Gasteiger partial charge in [-0.05, 0) is 24.1 Å². The standard InChI is InChI=1S/C10H14F2N2O2S/c1-2-3-14-17(15,16)9-5-7(6-13)4-8(11)10(9)12/h4-5,14H,2-3,6,13H2,1H3. The zero-order valence-electron chi connectivity index (χ0n) is 9.33. The summed E-state index contributed by atoms with van der Waals surface area (Å²) in [6, 6.07) is 1.92. The Morgan fingerprint density at radius 2 is 2.00 bits per heavy atom. The molecule has 0 aliphatic heterocycles. The van der Waals surface area contributed by atoms with Gasteiger partial charge in [-0.15, -0.1) is 0 Å². The van der Waals surface area contributed by atoms with Crippen LogP contribution in [0.1, 0.15) is 18.9 Å². The van der Waals surface area contributed by atoms with Crippen LogP contribution in [0.2, 0.25) is 0 Å². The van der Waals surface area contributed by atoms with Crippen LogP contribution in [0.5, 0.6) is 0 Å². The maximum absolute atomic E-state index is 13.4. The molecule has 3 N–H and O–H groups in total. The molecule has 4 nitrogen and oxygen atoms in total. The molecule has 0 aliphatic carbocycles. The predicted molar refractivity (Wildman–Crippen MR) is 59.7 cm³/mol. The van der Waals surface area contributed by atoms with E-state index in [0.717, 1.165) is 12.1 Å². The number of sulfonamides is 1. The summed E-state index contributed by atoms with van der Waals surface area (Å²) in [7, 11) is -4.03. The fourth-order valence-electron chi connectivity index (χ4n) is 1.24. The van der Waals surface area contributed by atoms with Crippen molar-refractivity contribution in [3.63, 3.8) is 0 Å². The van der Waals surface area contributed by atoms with Crippen molar-refractivity contribution in [2.75, 3.05) is 6.54 Å². The Morgan fingerprint density at radius 3 is 2.53 bits per heavy atom. The summed E-state index contributed by atoms with van der Waals surface area (Å²) < 4.78 is 52.1. The zero-order chi connectivity index (χ0) is 13.1. The summed E-state index contributed by atoms with van der Waals surface area (Å²) >= 11 is 0. The van der Waals surface area contributed by atoms with Crippen LogP contribution < -0.4 is 10.5 Å². The molecule has 0 atom stereocenters. The largest absolute Gasteiger partial charge is 0.326 e. The van der Waals surface area contributed by atoms with E-state index >= 15 is 0 Å². The Kier molecular flexibility index (Phi) is 4.55. The molecule has 96 valence electrons. The first-order valence-corrected chi connectivity index (χ1v) is 6.58. The van der Waals surface area contributed by atoms with Gasteiger partial charge in [-0.25, -0.2) is 21.9 Å².